The third-order valence-corrected chi connectivity index (χ3v) is 4.02. The fourth-order valence-electron chi connectivity index (χ4n) is 1.58. The molecule has 116 valence electrons. The number of ether oxygens (including phenoxy) is 1. The zero-order chi connectivity index (χ0) is 16.7. The Balaban J connectivity index is 1.81. The predicted octanol–water partition coefficient (Wildman–Crippen LogP) is 3.58. The van der Waals surface area contributed by atoms with E-state index in [1.165, 1.54) is 17.4 Å². The highest BCUT2D eigenvalue weighted by Crippen LogP contribution is 2.21. The summed E-state index contributed by atoms with van der Waals surface area (Å²) in [6.07, 6.45) is 2.85. The molecule has 0 atom stereocenters. The van der Waals surface area contributed by atoms with E-state index in [4.69, 9.17) is 10.00 Å². The highest BCUT2D eigenvalue weighted by Gasteiger charge is 2.09. The van der Waals surface area contributed by atoms with Crippen LogP contribution in [0, 0.1) is 11.3 Å². The van der Waals surface area contributed by atoms with Crippen molar-refractivity contribution in [3.8, 4) is 6.07 Å². The second-order valence-corrected chi connectivity index (χ2v) is 6.15. The van der Waals surface area contributed by atoms with Gasteiger partial charge in [0.05, 0.1) is 5.56 Å². The standard InChI is InChI=1S/C16H11BrN2O3S/c17-13-4-1-11(2-5-13)3-6-15(21)22-10-14(20)19-16-12(9-18)7-8-23-16/h1-8H,10H2,(H,19,20)/b6-3+. The summed E-state index contributed by atoms with van der Waals surface area (Å²) in [6.45, 7) is -0.410. The minimum absolute atomic E-state index is 0.379. The van der Waals surface area contributed by atoms with Gasteiger partial charge in [0.25, 0.3) is 5.91 Å². The number of thiophene rings is 1. The van der Waals surface area contributed by atoms with Crippen LogP contribution in [0.25, 0.3) is 6.08 Å². The van der Waals surface area contributed by atoms with Crippen molar-refractivity contribution in [1.29, 1.82) is 5.26 Å². The topological polar surface area (TPSA) is 79.2 Å². The fourth-order valence-corrected chi connectivity index (χ4v) is 2.60. The molecule has 0 aliphatic heterocycles. The van der Waals surface area contributed by atoms with Crippen LogP contribution in [0.5, 0.6) is 0 Å². The van der Waals surface area contributed by atoms with Crippen LogP contribution >= 0.6 is 27.3 Å². The molecule has 1 amide bonds. The third kappa shape index (κ3) is 5.36. The van der Waals surface area contributed by atoms with E-state index in [0.717, 1.165) is 10.0 Å². The molecule has 0 fully saturated rings. The second kappa shape index (κ2) is 8.27. The van der Waals surface area contributed by atoms with Gasteiger partial charge in [-0.25, -0.2) is 4.79 Å². The lowest BCUT2D eigenvalue weighted by molar-refractivity contribution is -0.142. The molecule has 23 heavy (non-hydrogen) atoms. The lowest BCUT2D eigenvalue weighted by Gasteiger charge is -2.03. The molecule has 1 aromatic heterocycles. The molecule has 1 heterocycles. The molecule has 0 saturated carbocycles. The molecular weight excluding hydrogens is 380 g/mol. The number of anilines is 1. The van der Waals surface area contributed by atoms with Gasteiger partial charge in [0.15, 0.2) is 6.61 Å². The number of nitrogens with one attached hydrogen (secondary N) is 1. The molecule has 2 aromatic rings. The molecule has 0 bridgehead atoms. The van der Waals surface area contributed by atoms with Crippen molar-refractivity contribution in [3.63, 3.8) is 0 Å². The smallest absolute Gasteiger partial charge is 0.331 e. The van der Waals surface area contributed by atoms with Gasteiger partial charge in [0, 0.05) is 10.5 Å². The Morgan fingerprint density at radius 1 is 1.30 bits per heavy atom. The first-order valence-corrected chi connectivity index (χ1v) is 8.13. The summed E-state index contributed by atoms with van der Waals surface area (Å²) in [5.74, 6) is -1.11. The van der Waals surface area contributed by atoms with Gasteiger partial charge in [0.1, 0.15) is 11.1 Å². The zero-order valence-corrected chi connectivity index (χ0v) is 14.2. The fraction of sp³-hybridized carbons (Fsp3) is 0.0625. The van der Waals surface area contributed by atoms with Crippen LogP contribution in [-0.4, -0.2) is 18.5 Å². The average molecular weight is 391 g/mol. The first-order valence-electron chi connectivity index (χ1n) is 6.46. The highest BCUT2D eigenvalue weighted by molar-refractivity contribution is 9.10. The molecule has 0 radical (unpaired) electrons. The summed E-state index contributed by atoms with van der Waals surface area (Å²) in [4.78, 5) is 23.2. The lowest BCUT2D eigenvalue weighted by Crippen LogP contribution is -2.19. The van der Waals surface area contributed by atoms with Gasteiger partial charge in [-0.1, -0.05) is 28.1 Å². The van der Waals surface area contributed by atoms with Gasteiger partial charge >= 0.3 is 5.97 Å². The number of benzene rings is 1. The van der Waals surface area contributed by atoms with Crippen molar-refractivity contribution in [2.24, 2.45) is 0 Å². The maximum atomic E-state index is 11.7. The number of nitriles is 1. The van der Waals surface area contributed by atoms with E-state index in [9.17, 15) is 9.59 Å². The lowest BCUT2D eigenvalue weighted by atomic mass is 10.2. The van der Waals surface area contributed by atoms with Crippen LogP contribution in [0.4, 0.5) is 5.00 Å². The summed E-state index contributed by atoms with van der Waals surface area (Å²) in [6, 6.07) is 10.9. The van der Waals surface area contributed by atoms with Gasteiger partial charge in [-0.05, 0) is 35.2 Å². The van der Waals surface area contributed by atoms with Gasteiger partial charge in [-0.2, -0.15) is 5.26 Å². The number of carbonyl (C=O) groups excluding carboxylic acids is 2. The average Bonchev–Trinajstić information content (AvgIpc) is 2.99. The number of esters is 1. The maximum absolute atomic E-state index is 11.7. The van der Waals surface area contributed by atoms with E-state index in [2.05, 4.69) is 21.2 Å². The third-order valence-electron chi connectivity index (χ3n) is 2.67. The zero-order valence-electron chi connectivity index (χ0n) is 11.8. The van der Waals surface area contributed by atoms with Crippen molar-refractivity contribution in [2.75, 3.05) is 11.9 Å². The molecule has 5 nitrogen and oxygen atoms in total. The van der Waals surface area contributed by atoms with Crippen LogP contribution in [0.3, 0.4) is 0 Å². The number of carbonyl (C=O) groups is 2. The number of rotatable bonds is 5. The van der Waals surface area contributed by atoms with E-state index in [1.54, 1.807) is 17.5 Å². The molecule has 7 heteroatoms. The first-order chi connectivity index (χ1) is 11.1. The SMILES string of the molecule is N#Cc1ccsc1NC(=O)COC(=O)/C=C/c1ccc(Br)cc1. The Kier molecular flexibility index (Phi) is 6.09. The van der Waals surface area contributed by atoms with E-state index >= 15 is 0 Å². The van der Waals surface area contributed by atoms with Crippen LogP contribution in [-0.2, 0) is 14.3 Å². The Morgan fingerprint density at radius 3 is 2.74 bits per heavy atom. The van der Waals surface area contributed by atoms with Crippen LogP contribution < -0.4 is 5.32 Å². The quantitative estimate of drug-likeness (QED) is 0.624. The Bertz CT molecular complexity index is 775. The Hall–Kier alpha value is -2.43. The van der Waals surface area contributed by atoms with Gasteiger partial charge in [0.2, 0.25) is 0 Å². The van der Waals surface area contributed by atoms with E-state index in [-0.39, 0.29) is 0 Å². The summed E-state index contributed by atoms with van der Waals surface area (Å²) in [7, 11) is 0. The minimum Gasteiger partial charge on any atom is -0.452 e. The number of hydrogen-bond acceptors (Lipinski definition) is 5. The van der Waals surface area contributed by atoms with E-state index in [1.807, 2.05) is 30.3 Å². The Labute approximate surface area is 145 Å². The van der Waals surface area contributed by atoms with Crippen molar-refractivity contribution < 1.29 is 14.3 Å². The van der Waals surface area contributed by atoms with Crippen molar-refractivity contribution in [3.05, 3.63) is 57.4 Å². The normalized spacial score (nSPS) is 10.3. The predicted molar refractivity (Wildman–Crippen MR) is 91.8 cm³/mol. The summed E-state index contributed by atoms with van der Waals surface area (Å²) >= 11 is 4.55. The first kappa shape index (κ1) is 16.9. The molecule has 0 aliphatic carbocycles. The van der Waals surface area contributed by atoms with E-state index in [0.29, 0.717) is 10.6 Å². The summed E-state index contributed by atoms with van der Waals surface area (Å²) < 4.78 is 5.79. The number of hydrogen-bond donors (Lipinski definition) is 1. The van der Waals surface area contributed by atoms with Gasteiger partial charge in [-0.15, -0.1) is 11.3 Å². The van der Waals surface area contributed by atoms with Crippen LogP contribution in [0.1, 0.15) is 11.1 Å². The summed E-state index contributed by atoms with van der Waals surface area (Å²) in [5.41, 5.74) is 1.22. The van der Waals surface area contributed by atoms with Crippen molar-refractivity contribution in [2.45, 2.75) is 0 Å². The second-order valence-electron chi connectivity index (χ2n) is 4.32. The van der Waals surface area contributed by atoms with Crippen molar-refractivity contribution >= 4 is 50.2 Å². The van der Waals surface area contributed by atoms with Gasteiger partial charge < -0.3 is 10.1 Å². The molecule has 0 aliphatic rings. The maximum Gasteiger partial charge on any atom is 0.331 e. The monoisotopic (exact) mass is 390 g/mol. The van der Waals surface area contributed by atoms with Crippen LogP contribution in [0.2, 0.25) is 0 Å². The van der Waals surface area contributed by atoms with Gasteiger partial charge in [-0.3, -0.25) is 4.79 Å². The number of amides is 1. The Morgan fingerprint density at radius 2 is 2.04 bits per heavy atom. The molecule has 0 saturated heterocycles. The summed E-state index contributed by atoms with van der Waals surface area (Å²) in [5, 5.41) is 13.5. The number of halogens is 1. The minimum atomic E-state index is -0.616. The molecule has 2 rings (SSSR count). The number of nitrogens with zero attached hydrogens (tertiary/aromatic N) is 1. The molecule has 0 unspecified atom stereocenters. The molecule has 1 N–H and O–H groups in total. The molecular formula is C16H11BrN2O3S. The molecule has 1 aromatic carbocycles. The van der Waals surface area contributed by atoms with E-state index < -0.39 is 18.5 Å². The largest absolute Gasteiger partial charge is 0.452 e. The van der Waals surface area contributed by atoms with Crippen LogP contribution in [0.15, 0.2) is 46.3 Å². The van der Waals surface area contributed by atoms with Crippen molar-refractivity contribution in [1.82, 2.24) is 0 Å². The molecule has 0 spiro atoms. The highest BCUT2D eigenvalue weighted by atomic mass is 79.9.